The fourth-order valence-corrected chi connectivity index (χ4v) is 1.28. The lowest BCUT2D eigenvalue weighted by Gasteiger charge is -1.94. The molecule has 0 saturated carbocycles. The van der Waals surface area contributed by atoms with E-state index in [0.29, 0.717) is 5.56 Å². The third kappa shape index (κ3) is 4.98. The van der Waals surface area contributed by atoms with Crippen LogP contribution in [-0.2, 0) is 0 Å². The lowest BCUT2D eigenvalue weighted by atomic mass is 10.2. The highest BCUT2D eigenvalue weighted by molar-refractivity contribution is 5.83. The Morgan fingerprint density at radius 3 is 2.76 bits per heavy atom. The number of phenols is 1. The number of benzene rings is 1. The Kier molecular flexibility index (Phi) is 5.52. The SMILES string of the molecule is C/C=C/C(C)=C\C=C\N=Cc1ccccc1O. The summed E-state index contributed by atoms with van der Waals surface area (Å²) in [5.74, 6) is 0.241. The van der Waals surface area contributed by atoms with E-state index in [9.17, 15) is 5.11 Å². The van der Waals surface area contributed by atoms with Gasteiger partial charge in [0.05, 0.1) is 0 Å². The molecule has 0 aliphatic heterocycles. The van der Waals surface area contributed by atoms with E-state index in [2.05, 4.69) is 4.99 Å². The van der Waals surface area contributed by atoms with Gasteiger partial charge in [-0.25, -0.2) is 0 Å². The number of aliphatic imine (C=N–C) groups is 1. The second-order valence-electron chi connectivity index (χ2n) is 3.59. The molecule has 1 aromatic rings. The van der Waals surface area contributed by atoms with Crippen LogP contribution in [0.2, 0.25) is 0 Å². The molecule has 2 nitrogen and oxygen atoms in total. The molecule has 0 heterocycles. The minimum Gasteiger partial charge on any atom is -0.507 e. The quantitative estimate of drug-likeness (QED) is 0.615. The van der Waals surface area contributed by atoms with Gasteiger partial charge in [0.15, 0.2) is 0 Å². The Labute approximate surface area is 102 Å². The predicted octanol–water partition coefficient (Wildman–Crippen LogP) is 3.85. The van der Waals surface area contributed by atoms with Crippen LogP contribution < -0.4 is 0 Å². The summed E-state index contributed by atoms with van der Waals surface area (Å²) in [5.41, 5.74) is 1.88. The lowest BCUT2D eigenvalue weighted by Crippen LogP contribution is -1.79. The number of phenolic OH excluding ortho intramolecular Hbond substituents is 1. The number of para-hydroxylation sites is 1. The van der Waals surface area contributed by atoms with Crippen LogP contribution in [0.15, 0.2) is 65.3 Å². The van der Waals surface area contributed by atoms with Gasteiger partial charge in [0, 0.05) is 18.0 Å². The summed E-state index contributed by atoms with van der Waals surface area (Å²) in [6.45, 7) is 4.01. The van der Waals surface area contributed by atoms with Crippen LogP contribution >= 0.6 is 0 Å². The standard InChI is InChI=1S/C15H17NO/c1-3-7-13(2)8-6-11-16-12-14-9-4-5-10-15(14)17/h3-12,17H,1-2H3/b7-3+,11-6+,13-8-,16-12?. The molecule has 2 heteroatoms. The van der Waals surface area contributed by atoms with Gasteiger partial charge in [0.2, 0.25) is 0 Å². The highest BCUT2D eigenvalue weighted by Crippen LogP contribution is 2.12. The summed E-state index contributed by atoms with van der Waals surface area (Å²) in [7, 11) is 0. The van der Waals surface area contributed by atoms with E-state index in [-0.39, 0.29) is 5.75 Å². The number of rotatable bonds is 4. The van der Waals surface area contributed by atoms with Crippen molar-refractivity contribution in [2.75, 3.05) is 0 Å². The zero-order valence-corrected chi connectivity index (χ0v) is 10.2. The second-order valence-corrected chi connectivity index (χ2v) is 3.59. The smallest absolute Gasteiger partial charge is 0.124 e. The highest BCUT2D eigenvalue weighted by atomic mass is 16.3. The number of hydrogen-bond donors (Lipinski definition) is 1. The van der Waals surface area contributed by atoms with Crippen LogP contribution in [0.5, 0.6) is 5.75 Å². The van der Waals surface area contributed by atoms with E-state index in [1.54, 1.807) is 24.5 Å². The van der Waals surface area contributed by atoms with E-state index in [1.165, 1.54) is 5.57 Å². The van der Waals surface area contributed by atoms with Crippen molar-refractivity contribution < 1.29 is 5.11 Å². The van der Waals surface area contributed by atoms with Crippen molar-refractivity contribution in [1.82, 2.24) is 0 Å². The molecule has 0 saturated heterocycles. The monoisotopic (exact) mass is 227 g/mol. The Morgan fingerprint density at radius 1 is 1.29 bits per heavy atom. The lowest BCUT2D eigenvalue weighted by molar-refractivity contribution is 0.474. The molecule has 1 rings (SSSR count). The number of hydrogen-bond acceptors (Lipinski definition) is 2. The van der Waals surface area contributed by atoms with E-state index >= 15 is 0 Å². The van der Waals surface area contributed by atoms with Crippen LogP contribution in [0.1, 0.15) is 19.4 Å². The fourth-order valence-electron chi connectivity index (χ4n) is 1.28. The van der Waals surface area contributed by atoms with Crippen LogP contribution in [0.4, 0.5) is 0 Å². The minimum absolute atomic E-state index is 0.241. The average molecular weight is 227 g/mol. The highest BCUT2D eigenvalue weighted by Gasteiger charge is 1.92. The Morgan fingerprint density at radius 2 is 2.06 bits per heavy atom. The van der Waals surface area contributed by atoms with Crippen LogP contribution in [0.25, 0.3) is 0 Å². The third-order valence-corrected chi connectivity index (χ3v) is 2.11. The van der Waals surface area contributed by atoms with Gasteiger partial charge in [-0.1, -0.05) is 35.9 Å². The first-order valence-corrected chi connectivity index (χ1v) is 5.51. The zero-order valence-electron chi connectivity index (χ0n) is 10.2. The molecule has 0 aromatic heterocycles. The molecule has 0 aliphatic carbocycles. The maximum Gasteiger partial charge on any atom is 0.124 e. The molecule has 0 amide bonds. The third-order valence-electron chi connectivity index (χ3n) is 2.11. The van der Waals surface area contributed by atoms with Gasteiger partial charge in [-0.3, -0.25) is 4.99 Å². The van der Waals surface area contributed by atoms with Crippen LogP contribution in [-0.4, -0.2) is 11.3 Å². The zero-order chi connectivity index (χ0) is 12.5. The van der Waals surface area contributed by atoms with Crippen LogP contribution in [0, 0.1) is 0 Å². The van der Waals surface area contributed by atoms with Gasteiger partial charge in [0.25, 0.3) is 0 Å². The fraction of sp³-hybridized carbons (Fsp3) is 0.133. The van der Waals surface area contributed by atoms with Gasteiger partial charge >= 0.3 is 0 Å². The van der Waals surface area contributed by atoms with Gasteiger partial charge < -0.3 is 5.11 Å². The molecule has 1 N–H and O–H groups in total. The van der Waals surface area contributed by atoms with Gasteiger partial charge in [-0.2, -0.15) is 0 Å². The van der Waals surface area contributed by atoms with Gasteiger partial charge in [-0.05, 0) is 32.1 Å². The first-order valence-electron chi connectivity index (χ1n) is 5.51. The van der Waals surface area contributed by atoms with E-state index in [1.807, 2.05) is 50.3 Å². The van der Waals surface area contributed by atoms with Crippen molar-refractivity contribution >= 4 is 6.21 Å². The van der Waals surface area contributed by atoms with E-state index in [0.717, 1.165) is 0 Å². The predicted molar refractivity (Wildman–Crippen MR) is 73.4 cm³/mol. The molecule has 0 spiro atoms. The molecule has 0 unspecified atom stereocenters. The van der Waals surface area contributed by atoms with Crippen molar-refractivity contribution in [3.8, 4) is 5.75 Å². The molecular weight excluding hydrogens is 210 g/mol. The van der Waals surface area contributed by atoms with E-state index < -0.39 is 0 Å². The molecule has 17 heavy (non-hydrogen) atoms. The summed E-state index contributed by atoms with van der Waals surface area (Å²) >= 11 is 0. The summed E-state index contributed by atoms with van der Waals surface area (Å²) in [4.78, 5) is 4.10. The van der Waals surface area contributed by atoms with Gasteiger partial charge in [0.1, 0.15) is 5.75 Å². The Bertz CT molecular complexity index is 468. The molecule has 0 aliphatic rings. The van der Waals surface area contributed by atoms with Gasteiger partial charge in [-0.15, -0.1) is 0 Å². The maximum absolute atomic E-state index is 9.49. The average Bonchev–Trinajstić information content (AvgIpc) is 2.31. The molecule has 0 radical (unpaired) electrons. The first-order chi connectivity index (χ1) is 8.24. The summed E-state index contributed by atoms with van der Waals surface area (Å²) in [5, 5.41) is 9.49. The molecule has 1 aromatic carbocycles. The summed E-state index contributed by atoms with van der Waals surface area (Å²) in [6.07, 6.45) is 11.2. The molecule has 0 atom stereocenters. The Balaban J connectivity index is 2.60. The van der Waals surface area contributed by atoms with Crippen molar-refractivity contribution in [3.63, 3.8) is 0 Å². The minimum atomic E-state index is 0.241. The van der Waals surface area contributed by atoms with Crippen LogP contribution in [0.3, 0.4) is 0 Å². The topological polar surface area (TPSA) is 32.6 Å². The van der Waals surface area contributed by atoms with Crippen molar-refractivity contribution in [3.05, 3.63) is 65.9 Å². The summed E-state index contributed by atoms with van der Waals surface area (Å²) < 4.78 is 0. The second kappa shape index (κ2) is 7.23. The summed E-state index contributed by atoms with van der Waals surface area (Å²) in [6, 6.07) is 7.10. The van der Waals surface area contributed by atoms with Crippen molar-refractivity contribution in [2.45, 2.75) is 13.8 Å². The van der Waals surface area contributed by atoms with Crippen molar-refractivity contribution in [1.29, 1.82) is 0 Å². The molecule has 0 bridgehead atoms. The number of aromatic hydroxyl groups is 1. The normalized spacial score (nSPS) is 13.2. The van der Waals surface area contributed by atoms with Crippen molar-refractivity contribution in [2.24, 2.45) is 4.99 Å². The molecule has 88 valence electrons. The maximum atomic E-state index is 9.49. The number of nitrogens with zero attached hydrogens (tertiary/aromatic N) is 1. The molecular formula is C15H17NO. The molecule has 0 fully saturated rings. The largest absolute Gasteiger partial charge is 0.507 e. The number of allylic oxidation sites excluding steroid dienone is 5. The van der Waals surface area contributed by atoms with E-state index in [4.69, 9.17) is 0 Å². The first kappa shape index (κ1) is 13.0. The Hall–Kier alpha value is -2.09.